The molecule has 0 aromatic heterocycles. The van der Waals surface area contributed by atoms with Gasteiger partial charge in [-0.05, 0) is 31.0 Å². The van der Waals surface area contributed by atoms with Gasteiger partial charge in [-0.25, -0.2) is 4.99 Å². The fourth-order valence-corrected chi connectivity index (χ4v) is 4.05. The maximum atomic E-state index is 12.6. The van der Waals surface area contributed by atoms with E-state index in [1.54, 1.807) is 0 Å². The molecule has 1 aromatic rings. The molecule has 2 aliphatic rings. The number of nitrogens with zero attached hydrogens (tertiary/aromatic N) is 1. The van der Waals surface area contributed by atoms with Crippen molar-refractivity contribution >= 4 is 5.96 Å². The summed E-state index contributed by atoms with van der Waals surface area (Å²) >= 11 is 0. The van der Waals surface area contributed by atoms with E-state index in [-0.39, 0.29) is 17.6 Å². The largest absolute Gasteiger partial charge is 0.416 e. The lowest BCUT2D eigenvalue weighted by Crippen LogP contribution is -2.67. The van der Waals surface area contributed by atoms with E-state index in [1.807, 2.05) is 6.92 Å². The van der Waals surface area contributed by atoms with Gasteiger partial charge in [-0.2, -0.15) is 13.2 Å². The molecule has 3 atom stereocenters. The van der Waals surface area contributed by atoms with Crippen LogP contribution < -0.4 is 10.6 Å². The second-order valence-corrected chi connectivity index (χ2v) is 7.58. The summed E-state index contributed by atoms with van der Waals surface area (Å²) in [7, 11) is 0. The lowest BCUT2D eigenvalue weighted by atomic mass is 9.57. The summed E-state index contributed by atoms with van der Waals surface area (Å²) in [4.78, 5) is 4.55. The van der Waals surface area contributed by atoms with E-state index < -0.39 is 11.7 Å². The van der Waals surface area contributed by atoms with Crippen molar-refractivity contribution in [1.82, 2.24) is 10.6 Å². The minimum atomic E-state index is -4.31. The number of ether oxygens (including phenoxy) is 1. The van der Waals surface area contributed by atoms with Crippen LogP contribution in [-0.2, 0) is 17.5 Å². The first-order valence-corrected chi connectivity index (χ1v) is 9.06. The molecule has 0 radical (unpaired) electrons. The monoisotopic (exact) mass is 369 g/mol. The molecule has 0 spiro atoms. The van der Waals surface area contributed by atoms with Crippen LogP contribution in [-0.4, -0.2) is 31.3 Å². The number of hydrogen-bond donors (Lipinski definition) is 2. The number of benzene rings is 1. The van der Waals surface area contributed by atoms with Crippen molar-refractivity contribution in [3.05, 3.63) is 35.4 Å². The first-order chi connectivity index (χ1) is 12.2. The van der Waals surface area contributed by atoms with E-state index in [0.717, 1.165) is 37.3 Å². The van der Waals surface area contributed by atoms with Gasteiger partial charge < -0.3 is 15.4 Å². The van der Waals surface area contributed by atoms with Gasteiger partial charge in [0.15, 0.2) is 5.96 Å². The van der Waals surface area contributed by atoms with Gasteiger partial charge in [0.2, 0.25) is 0 Å². The van der Waals surface area contributed by atoms with Crippen LogP contribution in [0.15, 0.2) is 29.3 Å². The van der Waals surface area contributed by atoms with Crippen LogP contribution in [0.1, 0.15) is 38.3 Å². The highest BCUT2D eigenvalue weighted by Gasteiger charge is 2.59. The Morgan fingerprint density at radius 3 is 2.58 bits per heavy atom. The van der Waals surface area contributed by atoms with Crippen molar-refractivity contribution in [3.63, 3.8) is 0 Å². The molecule has 1 aliphatic carbocycles. The van der Waals surface area contributed by atoms with E-state index in [2.05, 4.69) is 29.5 Å². The molecule has 1 heterocycles. The number of nitrogens with one attached hydrogen (secondary N) is 2. The Hall–Kier alpha value is -1.76. The Kier molecular flexibility index (Phi) is 5.19. The highest BCUT2D eigenvalue weighted by Crippen LogP contribution is 2.52. The third kappa shape index (κ3) is 3.68. The Morgan fingerprint density at radius 1 is 1.27 bits per heavy atom. The van der Waals surface area contributed by atoms with E-state index in [0.29, 0.717) is 18.4 Å². The summed E-state index contributed by atoms with van der Waals surface area (Å²) in [5, 5.41) is 6.72. The topological polar surface area (TPSA) is 45.7 Å². The predicted molar refractivity (Wildman–Crippen MR) is 94.8 cm³/mol. The van der Waals surface area contributed by atoms with Gasteiger partial charge in [0.05, 0.1) is 18.2 Å². The van der Waals surface area contributed by atoms with E-state index >= 15 is 0 Å². The molecule has 1 saturated carbocycles. The van der Waals surface area contributed by atoms with Gasteiger partial charge in [-0.3, -0.25) is 0 Å². The first kappa shape index (κ1) is 19.0. The highest BCUT2D eigenvalue weighted by atomic mass is 19.4. The SMILES string of the molecule is CCNC(=NCc1ccc(C(F)(F)F)cc1)NC1C2CCOC2C1(C)C. The lowest BCUT2D eigenvalue weighted by molar-refractivity contribution is -0.137. The van der Waals surface area contributed by atoms with Crippen LogP contribution in [0.3, 0.4) is 0 Å². The van der Waals surface area contributed by atoms with Crippen LogP contribution >= 0.6 is 0 Å². The molecule has 0 bridgehead atoms. The average molecular weight is 369 g/mol. The van der Waals surface area contributed by atoms with Crippen molar-refractivity contribution in [2.75, 3.05) is 13.2 Å². The first-order valence-electron chi connectivity index (χ1n) is 9.06. The molecule has 2 fully saturated rings. The Labute approximate surface area is 152 Å². The zero-order chi connectivity index (χ0) is 18.9. The zero-order valence-electron chi connectivity index (χ0n) is 15.4. The zero-order valence-corrected chi connectivity index (χ0v) is 15.4. The molecule has 144 valence electrons. The highest BCUT2D eigenvalue weighted by molar-refractivity contribution is 5.80. The van der Waals surface area contributed by atoms with Crippen LogP contribution in [0.4, 0.5) is 13.2 Å². The summed E-state index contributed by atoms with van der Waals surface area (Å²) < 4.78 is 43.7. The summed E-state index contributed by atoms with van der Waals surface area (Å²) in [5.41, 5.74) is 0.134. The van der Waals surface area contributed by atoms with Gasteiger partial charge in [0.1, 0.15) is 0 Å². The number of hydrogen-bond acceptors (Lipinski definition) is 2. The quantitative estimate of drug-likeness (QED) is 0.630. The van der Waals surface area contributed by atoms with Crippen molar-refractivity contribution in [2.24, 2.45) is 16.3 Å². The normalized spacial score (nSPS) is 27.6. The summed E-state index contributed by atoms with van der Waals surface area (Å²) in [6.45, 7) is 8.22. The van der Waals surface area contributed by atoms with Crippen LogP contribution in [0, 0.1) is 11.3 Å². The van der Waals surface area contributed by atoms with Crippen molar-refractivity contribution in [3.8, 4) is 0 Å². The third-order valence-electron chi connectivity index (χ3n) is 5.44. The lowest BCUT2D eigenvalue weighted by Gasteiger charge is -2.54. The van der Waals surface area contributed by atoms with E-state index in [1.165, 1.54) is 12.1 Å². The molecule has 2 N–H and O–H groups in total. The average Bonchev–Trinajstić information content (AvgIpc) is 3.04. The Balaban J connectivity index is 1.66. The molecule has 4 nitrogen and oxygen atoms in total. The number of aliphatic imine (C=N–C) groups is 1. The molecular weight excluding hydrogens is 343 g/mol. The molecule has 0 amide bonds. The fraction of sp³-hybridized carbons (Fsp3) is 0.632. The van der Waals surface area contributed by atoms with Crippen LogP contribution in [0.5, 0.6) is 0 Å². The van der Waals surface area contributed by atoms with Gasteiger partial charge in [0, 0.05) is 30.5 Å². The predicted octanol–water partition coefficient (Wildman–Crippen LogP) is 3.57. The maximum Gasteiger partial charge on any atom is 0.416 e. The van der Waals surface area contributed by atoms with Crippen molar-refractivity contribution in [1.29, 1.82) is 0 Å². The minimum Gasteiger partial charge on any atom is -0.377 e. The minimum absolute atomic E-state index is 0.0334. The second-order valence-electron chi connectivity index (χ2n) is 7.58. The van der Waals surface area contributed by atoms with Crippen LogP contribution in [0.25, 0.3) is 0 Å². The van der Waals surface area contributed by atoms with Gasteiger partial charge in [0.25, 0.3) is 0 Å². The fourth-order valence-electron chi connectivity index (χ4n) is 4.05. The molecule has 1 aliphatic heterocycles. The smallest absolute Gasteiger partial charge is 0.377 e. The van der Waals surface area contributed by atoms with Gasteiger partial charge >= 0.3 is 6.18 Å². The number of fused-ring (bicyclic) bond motifs is 1. The van der Waals surface area contributed by atoms with Crippen LogP contribution in [0.2, 0.25) is 0 Å². The molecule has 3 rings (SSSR count). The number of halogens is 3. The molecule has 1 saturated heterocycles. The third-order valence-corrected chi connectivity index (χ3v) is 5.44. The second kappa shape index (κ2) is 7.10. The molecule has 7 heteroatoms. The van der Waals surface area contributed by atoms with E-state index in [9.17, 15) is 13.2 Å². The standard InChI is InChI=1S/C19H26F3N3O/c1-4-23-17(25-15-14-9-10-26-16(14)18(15,2)3)24-11-12-5-7-13(8-6-12)19(20,21)22/h5-8,14-16H,4,9-11H2,1-3H3,(H2,23,24,25). The number of rotatable bonds is 4. The number of alkyl halides is 3. The van der Waals surface area contributed by atoms with Crippen molar-refractivity contribution in [2.45, 2.75) is 52.1 Å². The van der Waals surface area contributed by atoms with Gasteiger partial charge in [-0.15, -0.1) is 0 Å². The number of guanidine groups is 1. The summed E-state index contributed by atoms with van der Waals surface area (Å²) in [6.07, 6.45) is -2.98. The molecule has 26 heavy (non-hydrogen) atoms. The van der Waals surface area contributed by atoms with Crippen molar-refractivity contribution < 1.29 is 17.9 Å². The Morgan fingerprint density at radius 2 is 1.96 bits per heavy atom. The summed E-state index contributed by atoms with van der Waals surface area (Å²) in [5.74, 6) is 1.18. The van der Waals surface area contributed by atoms with Gasteiger partial charge in [-0.1, -0.05) is 26.0 Å². The maximum absolute atomic E-state index is 12.6. The molecular formula is C19H26F3N3O. The Bertz CT molecular complexity index is 655. The molecule has 3 unspecified atom stereocenters. The van der Waals surface area contributed by atoms with E-state index in [4.69, 9.17) is 4.74 Å². The molecule has 1 aromatic carbocycles. The summed E-state index contributed by atoms with van der Waals surface area (Å²) in [6, 6.07) is 5.43.